The molecule has 0 saturated heterocycles. The lowest BCUT2D eigenvalue weighted by Crippen LogP contribution is -2.10. The highest BCUT2D eigenvalue weighted by Crippen LogP contribution is 2.31. The highest BCUT2D eigenvalue weighted by atomic mass is 79.9. The zero-order chi connectivity index (χ0) is 73.2. The highest BCUT2D eigenvalue weighted by molar-refractivity contribution is 9.12. The normalized spacial score (nSPS) is 16.2. The summed E-state index contributed by atoms with van der Waals surface area (Å²) in [6.07, 6.45) is 20.3. The number of carbonyl (C=O) groups excluding carboxylic acids is 11. The van der Waals surface area contributed by atoms with Crippen LogP contribution in [0.4, 0.5) is 0 Å². The smallest absolute Gasteiger partial charge is 0.308 e. The lowest BCUT2D eigenvalue weighted by Gasteiger charge is -2.07. The Morgan fingerprint density at radius 3 is 0.960 bits per heavy atom. The van der Waals surface area contributed by atoms with Crippen LogP contribution in [0.2, 0.25) is 0 Å². The lowest BCUT2D eigenvalue weighted by molar-refractivity contribution is -0.136. The number of allylic oxidation sites excluding steroid dienone is 20. The van der Waals surface area contributed by atoms with E-state index in [4.69, 9.17) is 18.9 Å². The molecule has 5 aromatic carbocycles. The van der Waals surface area contributed by atoms with Crippen LogP contribution in [-0.2, 0) is 71.7 Å². The van der Waals surface area contributed by atoms with Gasteiger partial charge < -0.3 is 24.1 Å². The Balaban J connectivity index is 0.000000197. The molecule has 1 N–H and O–H groups in total. The number of aliphatic hydroxyl groups excluding tert-OH is 1. The SMILES string of the molecule is CC(=O)OC(/C=C/c1ccccc1)=C1\C(=O)C=C(C)C1=O.CCOC(/C=C/c1ccccc1)=C1C(=O)C(C)=C(C)C1=O.CCOC(/C=C/c1ccccc1)=C1\C(=O)C=C(C)C1=O.COC(/C=C/c1ccccc1)=C1C(=O)C(C)=C(C)C1=O.O=C1C=C(Br)C(O)=C1C(=O)/C=C/c1ccccc1. The quantitative estimate of drug-likeness (QED) is 0.0393. The Labute approximate surface area is 589 Å². The molecule has 5 aromatic rings. The number of hydrogen-bond donors (Lipinski definition) is 1. The Hall–Kier alpha value is -12.0. The molecule has 0 amide bonds. The molecule has 0 spiro atoms. The van der Waals surface area contributed by atoms with E-state index in [0.29, 0.717) is 63.9 Å². The molecule has 0 aliphatic heterocycles. The average Bonchev–Trinajstić information content (AvgIpc) is 1.67. The van der Waals surface area contributed by atoms with Crippen LogP contribution in [-0.4, -0.2) is 89.2 Å². The summed E-state index contributed by atoms with van der Waals surface area (Å²) in [5.41, 5.74) is 7.51. The maximum Gasteiger partial charge on any atom is 0.308 e. The summed E-state index contributed by atoms with van der Waals surface area (Å²) in [6, 6.07) is 47.5. The van der Waals surface area contributed by atoms with Gasteiger partial charge in [0, 0.05) is 46.4 Å². The van der Waals surface area contributed by atoms with E-state index in [1.54, 1.807) is 71.9 Å². The van der Waals surface area contributed by atoms with E-state index in [1.165, 1.54) is 44.4 Å². The predicted octanol–water partition coefficient (Wildman–Crippen LogP) is 15.2. The van der Waals surface area contributed by atoms with Gasteiger partial charge in [0.1, 0.15) is 56.7 Å². The molecule has 0 bridgehead atoms. The van der Waals surface area contributed by atoms with Crippen LogP contribution < -0.4 is 0 Å². The number of rotatable bonds is 17. The second kappa shape index (κ2) is 37.5. The molecule has 16 nitrogen and oxygen atoms in total. The summed E-state index contributed by atoms with van der Waals surface area (Å²) in [5, 5.41) is 9.58. The van der Waals surface area contributed by atoms with Gasteiger partial charge in [-0.2, -0.15) is 0 Å². The van der Waals surface area contributed by atoms with Crippen molar-refractivity contribution in [2.75, 3.05) is 20.3 Å². The van der Waals surface area contributed by atoms with Gasteiger partial charge in [-0.3, -0.25) is 52.7 Å². The first-order chi connectivity index (χ1) is 47.8. The van der Waals surface area contributed by atoms with Gasteiger partial charge in [0.2, 0.25) is 0 Å². The van der Waals surface area contributed by atoms with Gasteiger partial charge in [-0.1, -0.05) is 182 Å². The maximum atomic E-state index is 12.2. The zero-order valence-electron chi connectivity index (χ0n) is 56.8. The Kier molecular flexibility index (Phi) is 28.9. The molecule has 5 aliphatic carbocycles. The molecule has 0 saturated carbocycles. The number of Topliss-reactive ketones (excluding diaryl/α,β-unsaturated/α-hetero) is 6. The van der Waals surface area contributed by atoms with Gasteiger partial charge in [-0.25, -0.2) is 0 Å². The van der Waals surface area contributed by atoms with E-state index < -0.39 is 29.1 Å². The van der Waals surface area contributed by atoms with Crippen molar-refractivity contribution < 1.29 is 76.8 Å². The van der Waals surface area contributed by atoms with Gasteiger partial charge >= 0.3 is 5.97 Å². The standard InChI is InChI=1S/C18H18O3.C17H14O4.2C17H16O3.C14H9BrO3/c1-4-21-15(11-10-14-8-6-5-7-9-14)16-17(19)12(2)13(3)18(16)20;1-11-10-14(19)16(17(11)20)15(21-12(2)18)9-8-13-6-4-3-5-7-13;1-11-12(2)17(19)15(16(11)18)14(20-3)10-9-13-7-5-4-6-8-13;1-3-20-15(10-9-13-7-5-4-6-8-13)16-14(18)11-12(2)17(16)19;15-10-8-12(17)13(14(10)18)11(16)7-6-9-4-2-1-3-5-9/h5-11H,4H2,1-3H3;3-10H,1-2H3;4-10H,1-3H3;4-11H,3H2,1-2H3;1-8,18H/b11-10+;9-8+,16-15+;10-9+;10-9+,16-15+;7-6+. The van der Waals surface area contributed by atoms with Crippen molar-refractivity contribution >= 4 is 110 Å². The number of esters is 1. The fourth-order valence-electron chi connectivity index (χ4n) is 9.63. The first kappa shape index (κ1) is 77.1. The van der Waals surface area contributed by atoms with Gasteiger partial charge in [-0.05, 0) is 142 Å². The number of methoxy groups -OCH3 is 1. The molecule has 0 heterocycles. The van der Waals surface area contributed by atoms with Gasteiger partial charge in [0.25, 0.3) is 0 Å². The van der Waals surface area contributed by atoms with Crippen LogP contribution in [0.25, 0.3) is 30.4 Å². The van der Waals surface area contributed by atoms with Crippen LogP contribution >= 0.6 is 15.9 Å². The molecule has 508 valence electrons. The first-order valence-electron chi connectivity index (χ1n) is 31.4. The van der Waals surface area contributed by atoms with Crippen molar-refractivity contribution in [3.63, 3.8) is 0 Å². The highest BCUT2D eigenvalue weighted by Gasteiger charge is 2.36. The molecule has 0 aromatic heterocycles. The minimum Gasteiger partial charge on any atom is -0.506 e. The third kappa shape index (κ3) is 20.8. The fourth-order valence-corrected chi connectivity index (χ4v) is 10.0. The third-order valence-electron chi connectivity index (χ3n) is 15.2. The Morgan fingerprint density at radius 2 is 0.680 bits per heavy atom. The number of carbonyl (C=O) groups is 11. The molecule has 10 rings (SSSR count). The van der Waals surface area contributed by atoms with Crippen molar-refractivity contribution in [1.82, 2.24) is 0 Å². The summed E-state index contributed by atoms with van der Waals surface area (Å²) in [4.78, 5) is 131. The minimum atomic E-state index is -0.583. The number of benzene rings is 5. The van der Waals surface area contributed by atoms with Crippen molar-refractivity contribution in [3.05, 3.63) is 323 Å². The average molecular weight is 1410 g/mol. The van der Waals surface area contributed by atoms with Crippen molar-refractivity contribution in [3.8, 4) is 0 Å². The van der Waals surface area contributed by atoms with E-state index in [-0.39, 0.29) is 78.6 Å². The molecular weight excluding hydrogens is 1330 g/mol. The van der Waals surface area contributed by atoms with Gasteiger partial charge in [0.15, 0.2) is 57.8 Å². The number of hydrogen-bond acceptors (Lipinski definition) is 16. The number of aliphatic hydroxyl groups is 1. The van der Waals surface area contributed by atoms with E-state index in [9.17, 15) is 57.8 Å². The zero-order valence-corrected chi connectivity index (χ0v) is 58.4. The van der Waals surface area contributed by atoms with Gasteiger partial charge in [-0.15, -0.1) is 0 Å². The summed E-state index contributed by atoms with van der Waals surface area (Å²) < 4.78 is 21.4. The largest absolute Gasteiger partial charge is 0.506 e. The third-order valence-corrected chi connectivity index (χ3v) is 15.8. The van der Waals surface area contributed by atoms with Crippen LogP contribution in [0.3, 0.4) is 0 Å². The number of halogens is 1. The second-order valence-corrected chi connectivity index (χ2v) is 23.0. The lowest BCUT2D eigenvalue weighted by atomic mass is 10.1. The topological polar surface area (TPSA) is 245 Å². The van der Waals surface area contributed by atoms with Crippen LogP contribution in [0, 0.1) is 0 Å². The van der Waals surface area contributed by atoms with Gasteiger partial charge in [0.05, 0.1) is 24.8 Å². The summed E-state index contributed by atoms with van der Waals surface area (Å²) >= 11 is 3.00. The molecule has 0 unspecified atom stereocenters. The summed E-state index contributed by atoms with van der Waals surface area (Å²) in [7, 11) is 1.46. The first-order valence-corrected chi connectivity index (χ1v) is 32.2. The van der Waals surface area contributed by atoms with E-state index >= 15 is 0 Å². The number of ketones is 10. The van der Waals surface area contributed by atoms with Crippen LogP contribution in [0.15, 0.2) is 295 Å². The van der Waals surface area contributed by atoms with E-state index in [1.807, 2.05) is 184 Å². The minimum absolute atomic E-state index is 0.0190. The van der Waals surface area contributed by atoms with E-state index in [0.717, 1.165) is 27.8 Å². The summed E-state index contributed by atoms with van der Waals surface area (Å²) in [6.45, 7) is 15.5. The molecule has 17 heteroatoms. The Morgan fingerprint density at radius 1 is 0.390 bits per heavy atom. The molecule has 100 heavy (non-hydrogen) atoms. The summed E-state index contributed by atoms with van der Waals surface area (Å²) in [5.74, 6) is -3.27. The van der Waals surface area contributed by atoms with E-state index in [2.05, 4.69) is 15.9 Å². The van der Waals surface area contributed by atoms with Crippen molar-refractivity contribution in [1.29, 1.82) is 0 Å². The molecule has 0 radical (unpaired) electrons. The second-order valence-electron chi connectivity index (χ2n) is 22.1. The van der Waals surface area contributed by atoms with Crippen LogP contribution in [0.1, 0.15) is 90.1 Å². The Bertz CT molecular complexity index is 4520. The fraction of sp³-hybridized carbons (Fsp3) is 0.145. The molecule has 5 aliphatic rings. The van der Waals surface area contributed by atoms with Crippen LogP contribution in [0.5, 0.6) is 0 Å². The molecule has 0 atom stereocenters. The predicted molar refractivity (Wildman–Crippen MR) is 389 cm³/mol. The number of ether oxygens (including phenoxy) is 4. The molecular formula is C83H73BrO16. The monoisotopic (exact) mass is 1400 g/mol. The van der Waals surface area contributed by atoms with Crippen molar-refractivity contribution in [2.45, 2.75) is 62.3 Å². The molecule has 0 fully saturated rings. The van der Waals surface area contributed by atoms with Crippen molar-refractivity contribution in [2.24, 2.45) is 0 Å². The maximum absolute atomic E-state index is 12.2.